The summed E-state index contributed by atoms with van der Waals surface area (Å²) in [4.78, 5) is 4.53. The molecule has 4 aromatic rings. The second-order valence-corrected chi connectivity index (χ2v) is 7.05. The van der Waals surface area contributed by atoms with Gasteiger partial charge in [0.05, 0.1) is 5.69 Å². The lowest BCUT2D eigenvalue weighted by Gasteiger charge is -2.10. The molecule has 28 heavy (non-hydrogen) atoms. The van der Waals surface area contributed by atoms with Crippen LogP contribution >= 0.6 is 0 Å². The van der Waals surface area contributed by atoms with Gasteiger partial charge in [0.1, 0.15) is 12.4 Å². The molecule has 1 heterocycles. The van der Waals surface area contributed by atoms with E-state index in [-0.39, 0.29) is 0 Å². The zero-order valence-corrected chi connectivity index (χ0v) is 16.2. The summed E-state index contributed by atoms with van der Waals surface area (Å²) in [5.41, 5.74) is 5.52. The van der Waals surface area contributed by atoms with Gasteiger partial charge in [-0.15, -0.1) is 0 Å². The Kier molecular flexibility index (Phi) is 5.20. The number of fused-ring (bicyclic) bond motifs is 1. The molecule has 0 radical (unpaired) electrons. The molecule has 1 aromatic heterocycles. The van der Waals surface area contributed by atoms with Crippen LogP contribution in [-0.2, 0) is 6.61 Å². The average molecular weight is 365 g/mol. The van der Waals surface area contributed by atoms with E-state index in [1.807, 2.05) is 25.3 Å². The van der Waals surface area contributed by atoms with Crippen molar-refractivity contribution in [3.8, 4) is 5.75 Å². The van der Waals surface area contributed by atoms with Crippen molar-refractivity contribution < 1.29 is 4.74 Å². The Morgan fingerprint density at radius 2 is 1.64 bits per heavy atom. The fourth-order valence-corrected chi connectivity index (χ4v) is 3.18. The lowest BCUT2D eigenvalue weighted by molar-refractivity contribution is 0.303. The van der Waals surface area contributed by atoms with Crippen molar-refractivity contribution in [1.29, 1.82) is 0 Å². The van der Waals surface area contributed by atoms with Crippen LogP contribution in [0.25, 0.3) is 22.9 Å². The number of hydrogen-bond acceptors (Lipinski definition) is 2. The monoisotopic (exact) mass is 365 g/mol. The Morgan fingerprint density at radius 3 is 2.50 bits per heavy atom. The average Bonchev–Trinajstić information content (AvgIpc) is 2.73. The third kappa shape index (κ3) is 4.12. The van der Waals surface area contributed by atoms with Crippen molar-refractivity contribution in [2.75, 3.05) is 0 Å². The van der Waals surface area contributed by atoms with Gasteiger partial charge in [0.2, 0.25) is 0 Å². The zero-order valence-electron chi connectivity index (χ0n) is 16.2. The van der Waals surface area contributed by atoms with Crippen LogP contribution in [0, 0.1) is 13.8 Å². The smallest absolute Gasteiger partial charge is 0.126 e. The van der Waals surface area contributed by atoms with Crippen molar-refractivity contribution in [3.63, 3.8) is 0 Å². The molecule has 138 valence electrons. The second kappa shape index (κ2) is 8.10. The van der Waals surface area contributed by atoms with E-state index in [0.717, 1.165) is 22.6 Å². The predicted molar refractivity (Wildman–Crippen MR) is 117 cm³/mol. The number of aryl methyl sites for hydroxylation is 2. The number of aromatic nitrogens is 1. The molecule has 0 spiro atoms. The van der Waals surface area contributed by atoms with Gasteiger partial charge in [0, 0.05) is 17.8 Å². The van der Waals surface area contributed by atoms with Gasteiger partial charge in [-0.1, -0.05) is 78.4 Å². The van der Waals surface area contributed by atoms with E-state index < -0.39 is 0 Å². The van der Waals surface area contributed by atoms with E-state index in [1.165, 1.54) is 21.9 Å². The molecule has 0 fully saturated rings. The first-order chi connectivity index (χ1) is 13.7. The van der Waals surface area contributed by atoms with Crippen LogP contribution in [0.15, 0.2) is 79.0 Å². The largest absolute Gasteiger partial charge is 0.488 e. The lowest BCUT2D eigenvalue weighted by Crippen LogP contribution is -1.98. The highest BCUT2D eigenvalue weighted by atomic mass is 16.5. The Balaban J connectivity index is 1.54. The van der Waals surface area contributed by atoms with Crippen LogP contribution < -0.4 is 4.74 Å². The van der Waals surface area contributed by atoms with Gasteiger partial charge in [0.25, 0.3) is 0 Å². The molecule has 2 nitrogen and oxygen atoms in total. The number of rotatable bonds is 5. The minimum Gasteiger partial charge on any atom is -0.488 e. The first-order valence-corrected chi connectivity index (χ1v) is 9.50. The third-order valence-corrected chi connectivity index (χ3v) is 4.85. The highest BCUT2D eigenvalue weighted by Crippen LogP contribution is 2.23. The Hall–Kier alpha value is -3.39. The molecule has 0 aliphatic heterocycles. The van der Waals surface area contributed by atoms with Gasteiger partial charge in [0.15, 0.2) is 0 Å². The number of benzene rings is 3. The number of pyridine rings is 1. The minimum absolute atomic E-state index is 0.553. The summed E-state index contributed by atoms with van der Waals surface area (Å²) >= 11 is 0. The van der Waals surface area contributed by atoms with E-state index in [2.05, 4.69) is 84.7 Å². The van der Waals surface area contributed by atoms with Crippen molar-refractivity contribution >= 4 is 22.9 Å². The third-order valence-electron chi connectivity index (χ3n) is 4.85. The molecule has 0 bridgehead atoms. The molecule has 4 rings (SSSR count). The molecule has 0 saturated heterocycles. The molecule has 0 atom stereocenters. The van der Waals surface area contributed by atoms with Crippen LogP contribution in [-0.4, -0.2) is 4.98 Å². The van der Waals surface area contributed by atoms with E-state index in [9.17, 15) is 0 Å². The lowest BCUT2D eigenvalue weighted by atomic mass is 10.0. The second-order valence-electron chi connectivity index (χ2n) is 7.05. The van der Waals surface area contributed by atoms with E-state index in [4.69, 9.17) is 4.74 Å². The van der Waals surface area contributed by atoms with Crippen molar-refractivity contribution in [3.05, 3.63) is 107 Å². The van der Waals surface area contributed by atoms with Crippen LogP contribution in [0.1, 0.15) is 27.9 Å². The van der Waals surface area contributed by atoms with Gasteiger partial charge in [-0.25, -0.2) is 0 Å². The van der Waals surface area contributed by atoms with Crippen molar-refractivity contribution in [2.24, 2.45) is 0 Å². The Morgan fingerprint density at radius 1 is 0.857 bits per heavy atom. The summed E-state index contributed by atoms with van der Waals surface area (Å²) in [6, 6.07) is 25.2. The number of hydrogen-bond donors (Lipinski definition) is 0. The molecule has 0 N–H and O–H groups in total. The molecule has 0 amide bonds. The minimum atomic E-state index is 0.553. The summed E-state index contributed by atoms with van der Waals surface area (Å²) in [5, 5.41) is 2.48. The SMILES string of the molecule is Cc1ccc(COc2cc(/C=C/c3cccc4ccccc34)ncc2C)cc1. The van der Waals surface area contributed by atoms with Gasteiger partial charge in [-0.3, -0.25) is 4.98 Å². The Bertz CT molecular complexity index is 1120. The van der Waals surface area contributed by atoms with Crippen LogP contribution in [0.2, 0.25) is 0 Å². The van der Waals surface area contributed by atoms with Crippen molar-refractivity contribution in [2.45, 2.75) is 20.5 Å². The number of nitrogens with zero attached hydrogens (tertiary/aromatic N) is 1. The maximum Gasteiger partial charge on any atom is 0.126 e. The topological polar surface area (TPSA) is 22.1 Å². The van der Waals surface area contributed by atoms with Crippen LogP contribution in [0.3, 0.4) is 0 Å². The number of ether oxygens (including phenoxy) is 1. The first kappa shape index (κ1) is 18.0. The van der Waals surface area contributed by atoms with Crippen LogP contribution in [0.5, 0.6) is 5.75 Å². The Labute approximate surface area is 166 Å². The van der Waals surface area contributed by atoms with E-state index in [1.54, 1.807) is 0 Å². The molecular weight excluding hydrogens is 342 g/mol. The summed E-state index contributed by atoms with van der Waals surface area (Å²) in [5.74, 6) is 0.869. The van der Waals surface area contributed by atoms with Crippen LogP contribution in [0.4, 0.5) is 0 Å². The van der Waals surface area contributed by atoms with Gasteiger partial charge in [-0.2, -0.15) is 0 Å². The quantitative estimate of drug-likeness (QED) is 0.397. The molecule has 0 aliphatic rings. The maximum absolute atomic E-state index is 6.05. The molecule has 0 unspecified atom stereocenters. The van der Waals surface area contributed by atoms with Crippen molar-refractivity contribution in [1.82, 2.24) is 4.98 Å². The molecule has 0 saturated carbocycles. The molecule has 2 heteroatoms. The van der Waals surface area contributed by atoms with Gasteiger partial charge in [-0.05, 0) is 41.8 Å². The summed E-state index contributed by atoms with van der Waals surface area (Å²) in [6.45, 7) is 4.67. The molecular formula is C26H23NO. The first-order valence-electron chi connectivity index (χ1n) is 9.50. The van der Waals surface area contributed by atoms with Gasteiger partial charge < -0.3 is 4.74 Å². The fourth-order valence-electron chi connectivity index (χ4n) is 3.18. The molecule has 3 aromatic carbocycles. The summed E-state index contributed by atoms with van der Waals surface area (Å²) in [7, 11) is 0. The molecule has 0 aliphatic carbocycles. The highest BCUT2D eigenvalue weighted by molar-refractivity contribution is 5.92. The fraction of sp³-hybridized carbons (Fsp3) is 0.115. The normalized spacial score (nSPS) is 11.2. The standard InChI is InChI=1S/C26H23NO/c1-19-10-12-21(13-11-19)18-28-26-16-24(27-17-20(26)2)15-14-23-8-5-7-22-6-3-4-9-25(22)23/h3-17H,18H2,1-2H3/b15-14+. The van der Waals surface area contributed by atoms with E-state index >= 15 is 0 Å². The predicted octanol–water partition coefficient (Wildman–Crippen LogP) is 6.60. The zero-order chi connectivity index (χ0) is 19.3. The highest BCUT2D eigenvalue weighted by Gasteiger charge is 2.03. The maximum atomic E-state index is 6.05. The summed E-state index contributed by atoms with van der Waals surface area (Å²) in [6.07, 6.45) is 6.02. The van der Waals surface area contributed by atoms with Gasteiger partial charge >= 0.3 is 0 Å². The van der Waals surface area contributed by atoms with E-state index in [0.29, 0.717) is 6.61 Å². The summed E-state index contributed by atoms with van der Waals surface area (Å²) < 4.78 is 6.05.